The molecule has 4 aromatic rings. The number of aromatic nitrogens is 4. The summed E-state index contributed by atoms with van der Waals surface area (Å²) in [6.07, 6.45) is 1.81. The maximum Gasteiger partial charge on any atom is 0.335 e. The summed E-state index contributed by atoms with van der Waals surface area (Å²) in [6.45, 7) is 2.35. The summed E-state index contributed by atoms with van der Waals surface area (Å²) in [5, 5.41) is 0. The van der Waals surface area contributed by atoms with Crippen molar-refractivity contribution in [1.29, 1.82) is 0 Å². The monoisotopic (exact) mass is 472 g/mol. The number of rotatable bonds is 4. The Morgan fingerprint density at radius 2 is 2.00 bits per heavy atom. The van der Waals surface area contributed by atoms with Crippen molar-refractivity contribution in [3.8, 4) is 29.0 Å². The van der Waals surface area contributed by atoms with Crippen LogP contribution in [-0.4, -0.2) is 43.0 Å². The number of imidazole rings is 1. The van der Waals surface area contributed by atoms with Crippen molar-refractivity contribution in [3.63, 3.8) is 0 Å². The zero-order chi connectivity index (χ0) is 24.5. The van der Waals surface area contributed by atoms with Crippen LogP contribution in [-0.2, 0) is 4.79 Å². The van der Waals surface area contributed by atoms with E-state index >= 15 is 4.39 Å². The van der Waals surface area contributed by atoms with Crippen LogP contribution in [0.15, 0.2) is 59.7 Å². The second-order valence-electron chi connectivity index (χ2n) is 8.02. The van der Waals surface area contributed by atoms with Crippen molar-refractivity contribution >= 4 is 22.9 Å². The van der Waals surface area contributed by atoms with E-state index in [1.807, 2.05) is 6.07 Å². The molecular formula is C25H21FN6O3. The Kier molecular flexibility index (Phi) is 5.66. The minimum Gasteiger partial charge on any atom is -0.454 e. The van der Waals surface area contributed by atoms with Crippen molar-refractivity contribution in [1.82, 2.24) is 24.0 Å². The highest BCUT2D eigenvalue weighted by Gasteiger charge is 2.31. The third-order valence-corrected chi connectivity index (χ3v) is 5.87. The van der Waals surface area contributed by atoms with Gasteiger partial charge in [0.05, 0.1) is 11.7 Å². The number of amides is 1. The van der Waals surface area contributed by atoms with Crippen LogP contribution in [0.25, 0.3) is 16.9 Å². The first-order valence-corrected chi connectivity index (χ1v) is 11.0. The maximum absolute atomic E-state index is 15.0. The van der Waals surface area contributed by atoms with Gasteiger partial charge in [-0.2, -0.15) is 0 Å². The number of hydrogen-bond acceptors (Lipinski definition) is 6. The van der Waals surface area contributed by atoms with Crippen LogP contribution in [0.3, 0.4) is 0 Å². The number of benzene rings is 2. The van der Waals surface area contributed by atoms with Crippen LogP contribution >= 0.6 is 0 Å². The van der Waals surface area contributed by atoms with Crippen LogP contribution in [0.1, 0.15) is 19.4 Å². The first-order valence-electron chi connectivity index (χ1n) is 11.0. The van der Waals surface area contributed by atoms with Gasteiger partial charge in [0.15, 0.2) is 23.0 Å². The summed E-state index contributed by atoms with van der Waals surface area (Å²) < 4.78 is 23.4. The second-order valence-corrected chi connectivity index (χ2v) is 8.02. The van der Waals surface area contributed by atoms with Gasteiger partial charge in [-0.05, 0) is 43.5 Å². The third kappa shape index (κ3) is 3.97. The van der Waals surface area contributed by atoms with Crippen LogP contribution in [0.4, 0.5) is 10.2 Å². The van der Waals surface area contributed by atoms with E-state index in [9.17, 15) is 9.59 Å². The molecule has 0 radical (unpaired) electrons. The number of nitrogens with two attached hydrogens (primary N) is 1. The second kappa shape index (κ2) is 8.95. The third-order valence-electron chi connectivity index (χ3n) is 5.87. The Labute approximate surface area is 199 Å². The highest BCUT2D eigenvalue weighted by Crippen LogP contribution is 2.30. The highest BCUT2D eigenvalue weighted by atomic mass is 19.1. The molecule has 0 aliphatic carbocycles. The molecule has 1 atom stereocenters. The molecule has 5 rings (SSSR count). The van der Waals surface area contributed by atoms with Crippen molar-refractivity contribution < 1.29 is 13.9 Å². The molecule has 2 aromatic heterocycles. The van der Waals surface area contributed by atoms with Gasteiger partial charge in [0.2, 0.25) is 0 Å². The first kappa shape index (κ1) is 22.2. The molecule has 2 aromatic carbocycles. The van der Waals surface area contributed by atoms with Crippen LogP contribution in [0.2, 0.25) is 0 Å². The number of ether oxygens (including phenoxy) is 1. The largest absolute Gasteiger partial charge is 0.454 e. The van der Waals surface area contributed by atoms with Gasteiger partial charge in [0, 0.05) is 19.2 Å². The molecule has 2 N–H and O–H groups in total. The Morgan fingerprint density at radius 1 is 1.20 bits per heavy atom. The SMILES string of the molecule is CC#CC(=O)N1CCC(n2c(=O)n(-c3ccc(Oc4ccccc4)c(F)c3)c3c(N)ncnc32)C1. The van der Waals surface area contributed by atoms with Gasteiger partial charge in [-0.1, -0.05) is 24.1 Å². The molecular weight excluding hydrogens is 451 g/mol. The number of fused-ring (bicyclic) bond motifs is 1. The minimum absolute atomic E-state index is 0.0166. The Morgan fingerprint density at radius 3 is 2.74 bits per heavy atom. The fourth-order valence-corrected chi connectivity index (χ4v) is 4.29. The van der Waals surface area contributed by atoms with E-state index < -0.39 is 11.5 Å². The average Bonchev–Trinajstić information content (AvgIpc) is 3.44. The smallest absolute Gasteiger partial charge is 0.335 e. The lowest BCUT2D eigenvalue weighted by Crippen LogP contribution is -2.31. The predicted octanol–water partition coefficient (Wildman–Crippen LogP) is 2.89. The molecule has 3 heterocycles. The lowest BCUT2D eigenvalue weighted by molar-refractivity contribution is -0.124. The number of nitrogens with zero attached hydrogens (tertiary/aromatic N) is 5. The minimum atomic E-state index is -0.648. The maximum atomic E-state index is 15.0. The molecule has 1 fully saturated rings. The van der Waals surface area contributed by atoms with Crippen LogP contribution in [0, 0.1) is 17.7 Å². The van der Waals surface area contributed by atoms with E-state index in [4.69, 9.17) is 10.5 Å². The Balaban J connectivity index is 1.57. The number of para-hydroxylation sites is 1. The summed E-state index contributed by atoms with van der Waals surface area (Å²) in [5.74, 6) is 4.77. The summed E-state index contributed by atoms with van der Waals surface area (Å²) in [6, 6.07) is 12.7. The van der Waals surface area contributed by atoms with Crippen LogP contribution in [0.5, 0.6) is 11.5 Å². The number of hydrogen-bond donors (Lipinski definition) is 1. The molecule has 176 valence electrons. The van der Waals surface area contributed by atoms with Gasteiger partial charge in [-0.25, -0.2) is 19.2 Å². The molecule has 1 unspecified atom stereocenters. The molecule has 0 saturated carbocycles. The summed E-state index contributed by atoms with van der Waals surface area (Å²) in [5.41, 5.74) is 6.51. The molecule has 0 spiro atoms. The van der Waals surface area contributed by atoms with E-state index in [0.29, 0.717) is 30.9 Å². The van der Waals surface area contributed by atoms with Gasteiger partial charge >= 0.3 is 5.69 Å². The van der Waals surface area contributed by atoms with E-state index in [-0.39, 0.29) is 34.7 Å². The summed E-state index contributed by atoms with van der Waals surface area (Å²) in [7, 11) is 0. The molecule has 0 bridgehead atoms. The highest BCUT2D eigenvalue weighted by molar-refractivity contribution is 5.93. The molecule has 1 aliphatic heterocycles. The Bertz CT molecular complexity index is 1550. The quantitative estimate of drug-likeness (QED) is 0.458. The molecule has 1 saturated heterocycles. The van der Waals surface area contributed by atoms with Crippen molar-refractivity contribution in [3.05, 3.63) is 71.2 Å². The standard InChI is InChI=1S/C25H21FN6O3/c1-2-6-21(33)30-12-11-17(14-30)32-24-22(23(27)28-15-29-24)31(25(32)34)16-9-10-20(19(26)13-16)35-18-7-4-3-5-8-18/h3-5,7-10,13,15,17H,11-12,14H2,1H3,(H2,27,28,29). The van der Waals surface area contributed by atoms with Crippen molar-refractivity contribution in [2.24, 2.45) is 0 Å². The van der Waals surface area contributed by atoms with Crippen LogP contribution < -0.4 is 16.2 Å². The van der Waals surface area contributed by atoms with E-state index in [2.05, 4.69) is 21.8 Å². The van der Waals surface area contributed by atoms with Gasteiger partial charge in [-0.15, -0.1) is 0 Å². The number of carbonyl (C=O) groups is 1. The summed E-state index contributed by atoms with van der Waals surface area (Å²) in [4.78, 5) is 35.8. The number of likely N-dealkylation sites (tertiary alicyclic amines) is 1. The molecule has 9 nitrogen and oxygen atoms in total. The topological polar surface area (TPSA) is 108 Å². The average molecular weight is 472 g/mol. The fourth-order valence-electron chi connectivity index (χ4n) is 4.29. The zero-order valence-corrected chi connectivity index (χ0v) is 18.8. The molecule has 1 amide bonds. The van der Waals surface area contributed by atoms with Crippen molar-refractivity contribution in [2.45, 2.75) is 19.4 Å². The van der Waals surface area contributed by atoms with Gasteiger partial charge < -0.3 is 15.4 Å². The van der Waals surface area contributed by atoms with E-state index in [0.717, 1.165) is 0 Å². The molecule has 1 aliphatic rings. The van der Waals surface area contributed by atoms with Gasteiger partial charge in [0.25, 0.3) is 5.91 Å². The predicted molar refractivity (Wildman–Crippen MR) is 128 cm³/mol. The number of carbonyl (C=O) groups excluding carboxylic acids is 1. The lowest BCUT2D eigenvalue weighted by Gasteiger charge is -2.14. The number of halogens is 1. The Hall–Kier alpha value is -4.65. The number of nitrogen functional groups attached to an aromatic ring is 1. The van der Waals surface area contributed by atoms with Gasteiger partial charge in [0.1, 0.15) is 17.6 Å². The molecule has 35 heavy (non-hydrogen) atoms. The fraction of sp³-hybridized carbons (Fsp3) is 0.200. The van der Waals surface area contributed by atoms with E-state index in [1.54, 1.807) is 42.2 Å². The van der Waals surface area contributed by atoms with E-state index in [1.165, 1.54) is 27.6 Å². The first-order chi connectivity index (χ1) is 17.0. The summed E-state index contributed by atoms with van der Waals surface area (Å²) >= 11 is 0. The number of anilines is 1. The van der Waals surface area contributed by atoms with Crippen molar-refractivity contribution in [2.75, 3.05) is 18.8 Å². The normalized spacial score (nSPS) is 15.1. The van der Waals surface area contributed by atoms with Gasteiger partial charge in [-0.3, -0.25) is 13.9 Å². The zero-order valence-electron chi connectivity index (χ0n) is 18.8. The lowest BCUT2D eigenvalue weighted by atomic mass is 10.2. The molecule has 10 heteroatoms.